The van der Waals surface area contributed by atoms with Crippen molar-refractivity contribution in [3.63, 3.8) is 0 Å². The summed E-state index contributed by atoms with van der Waals surface area (Å²) in [7, 11) is 0. The van der Waals surface area contributed by atoms with Crippen LogP contribution < -0.4 is 10.9 Å². The molecule has 188 valence electrons. The first-order chi connectivity index (χ1) is 18.4. The molecule has 0 amide bonds. The highest BCUT2D eigenvalue weighted by Gasteiger charge is 2.24. The lowest BCUT2D eigenvalue weighted by Gasteiger charge is -2.16. The third-order valence-electron chi connectivity index (χ3n) is 6.89. The van der Waals surface area contributed by atoms with Crippen molar-refractivity contribution in [1.29, 1.82) is 0 Å². The third kappa shape index (κ3) is 4.00. The second kappa shape index (κ2) is 9.23. The Bertz CT molecular complexity index is 1810. The largest absolute Gasteiger partial charge is 0.423 e. The van der Waals surface area contributed by atoms with Gasteiger partial charge >= 0.3 is 0 Å². The molecule has 0 bridgehead atoms. The maximum Gasteiger partial charge on any atom is 0.297 e. The van der Waals surface area contributed by atoms with Crippen molar-refractivity contribution in [2.24, 2.45) is 0 Å². The molecular formula is C30H21F2N3O3. The molecule has 38 heavy (non-hydrogen) atoms. The van der Waals surface area contributed by atoms with Crippen molar-refractivity contribution in [1.82, 2.24) is 9.71 Å². The number of anilines is 2. The van der Waals surface area contributed by atoms with E-state index in [1.165, 1.54) is 23.4 Å². The van der Waals surface area contributed by atoms with Crippen molar-refractivity contribution in [2.45, 2.75) is 19.3 Å². The van der Waals surface area contributed by atoms with Gasteiger partial charge in [-0.05, 0) is 71.0 Å². The maximum absolute atomic E-state index is 14.2. The van der Waals surface area contributed by atoms with Crippen LogP contribution in [0.5, 0.6) is 0 Å². The minimum atomic E-state index is -0.933. The number of halogens is 2. The summed E-state index contributed by atoms with van der Waals surface area (Å²) in [6, 6.07) is 20.4. The van der Waals surface area contributed by atoms with Gasteiger partial charge in [0.15, 0.2) is 11.4 Å². The summed E-state index contributed by atoms with van der Waals surface area (Å²) in [6.07, 6.45) is 1.93. The molecule has 6 nitrogen and oxygen atoms in total. The fraction of sp³-hybridized carbons (Fsp3) is 0.100. The highest BCUT2D eigenvalue weighted by Crippen LogP contribution is 2.38. The van der Waals surface area contributed by atoms with Crippen LogP contribution in [-0.4, -0.2) is 20.7 Å². The molecule has 1 aliphatic rings. The summed E-state index contributed by atoms with van der Waals surface area (Å²) in [5.74, 6) is -2.08. The number of hydrogen-bond acceptors (Lipinski definition) is 5. The summed E-state index contributed by atoms with van der Waals surface area (Å²) in [6.45, 7) is 0. The van der Waals surface area contributed by atoms with Gasteiger partial charge in [-0.15, -0.1) is 4.73 Å². The number of pyridine rings is 2. The molecule has 3 aromatic carbocycles. The first-order valence-electron chi connectivity index (χ1n) is 12.1. The highest BCUT2D eigenvalue weighted by atomic mass is 19.1. The molecule has 0 saturated heterocycles. The topological polar surface area (TPSA) is 84.2 Å². The normalized spacial score (nSPS) is 11.8. The van der Waals surface area contributed by atoms with Crippen LogP contribution in [0.4, 0.5) is 20.2 Å². The molecule has 2 aromatic heterocycles. The molecule has 8 heteroatoms. The van der Waals surface area contributed by atoms with Gasteiger partial charge in [0.1, 0.15) is 17.2 Å². The van der Waals surface area contributed by atoms with E-state index in [1.807, 2.05) is 30.3 Å². The molecule has 0 radical (unpaired) electrons. The number of nitrogens with one attached hydrogen (secondary N) is 1. The SMILES string of the molecule is O=C(CCc1ccc(F)cc1F)c1c(Nc2ccc3c(c2)Cc2ccccc2-3)c2cccnc2n(O)c1=O. The van der Waals surface area contributed by atoms with Gasteiger partial charge in [0.2, 0.25) is 0 Å². The van der Waals surface area contributed by atoms with Crippen LogP contribution in [0.1, 0.15) is 33.5 Å². The quantitative estimate of drug-likeness (QED) is 0.211. The lowest BCUT2D eigenvalue weighted by Crippen LogP contribution is -2.27. The van der Waals surface area contributed by atoms with Gasteiger partial charge in [0.05, 0.1) is 5.69 Å². The van der Waals surface area contributed by atoms with Crippen molar-refractivity contribution >= 4 is 28.2 Å². The number of ketones is 1. The van der Waals surface area contributed by atoms with Crippen LogP contribution in [-0.2, 0) is 12.8 Å². The number of aromatic nitrogens is 2. The van der Waals surface area contributed by atoms with Crippen LogP contribution in [0.2, 0.25) is 0 Å². The number of hydrogen-bond donors (Lipinski definition) is 2. The zero-order chi connectivity index (χ0) is 26.4. The fourth-order valence-electron chi connectivity index (χ4n) is 5.06. The average Bonchev–Trinajstić information content (AvgIpc) is 3.29. The summed E-state index contributed by atoms with van der Waals surface area (Å²) in [5, 5.41) is 14.1. The van der Waals surface area contributed by atoms with Gasteiger partial charge in [-0.2, -0.15) is 0 Å². The first kappa shape index (κ1) is 23.5. The van der Waals surface area contributed by atoms with Gasteiger partial charge in [0.25, 0.3) is 5.56 Å². The fourth-order valence-corrected chi connectivity index (χ4v) is 5.06. The van der Waals surface area contributed by atoms with Gasteiger partial charge in [0, 0.05) is 29.8 Å². The molecule has 0 spiro atoms. The van der Waals surface area contributed by atoms with Crippen molar-refractivity contribution in [3.8, 4) is 11.1 Å². The molecular weight excluding hydrogens is 488 g/mol. The number of benzene rings is 3. The van der Waals surface area contributed by atoms with Crippen LogP contribution in [0.3, 0.4) is 0 Å². The zero-order valence-electron chi connectivity index (χ0n) is 20.0. The molecule has 2 N–H and O–H groups in total. The zero-order valence-corrected chi connectivity index (χ0v) is 20.0. The van der Waals surface area contributed by atoms with E-state index in [0.29, 0.717) is 15.8 Å². The Morgan fingerprint density at radius 1 is 0.974 bits per heavy atom. The van der Waals surface area contributed by atoms with Gasteiger partial charge in [-0.1, -0.05) is 36.4 Å². The molecule has 5 aromatic rings. The first-order valence-corrected chi connectivity index (χ1v) is 12.1. The van der Waals surface area contributed by atoms with Crippen molar-refractivity contribution in [2.75, 3.05) is 5.32 Å². The molecule has 0 aliphatic heterocycles. The van der Waals surface area contributed by atoms with E-state index in [1.54, 1.807) is 12.1 Å². The molecule has 6 rings (SSSR count). The minimum absolute atomic E-state index is 0.00491. The Balaban J connectivity index is 1.40. The van der Waals surface area contributed by atoms with E-state index in [0.717, 1.165) is 29.7 Å². The predicted molar refractivity (Wildman–Crippen MR) is 140 cm³/mol. The third-order valence-corrected chi connectivity index (χ3v) is 6.89. The maximum atomic E-state index is 14.2. The van der Waals surface area contributed by atoms with E-state index in [9.17, 15) is 23.6 Å². The number of nitrogens with zero attached hydrogens (tertiary/aromatic N) is 2. The van der Waals surface area contributed by atoms with E-state index < -0.39 is 23.0 Å². The second-order valence-electron chi connectivity index (χ2n) is 9.23. The lowest BCUT2D eigenvalue weighted by atomic mass is 10.00. The highest BCUT2D eigenvalue weighted by molar-refractivity contribution is 6.08. The van der Waals surface area contributed by atoms with Gasteiger partial charge < -0.3 is 10.5 Å². The van der Waals surface area contributed by atoms with E-state index >= 15 is 0 Å². The number of fused-ring (bicyclic) bond motifs is 4. The molecule has 1 aliphatic carbocycles. The molecule has 0 unspecified atom stereocenters. The van der Waals surface area contributed by atoms with Gasteiger partial charge in [-0.25, -0.2) is 13.8 Å². The Morgan fingerprint density at radius 2 is 1.79 bits per heavy atom. The molecule has 0 fully saturated rings. The molecule has 0 saturated carbocycles. The molecule has 2 heterocycles. The summed E-state index contributed by atoms with van der Waals surface area (Å²) in [4.78, 5) is 30.7. The predicted octanol–water partition coefficient (Wildman–Crippen LogP) is 6.04. The smallest absolute Gasteiger partial charge is 0.297 e. The summed E-state index contributed by atoms with van der Waals surface area (Å²) >= 11 is 0. The van der Waals surface area contributed by atoms with Crippen molar-refractivity contribution in [3.05, 3.63) is 123 Å². The summed E-state index contributed by atoms with van der Waals surface area (Å²) in [5.41, 5.74) is 4.45. The Kier molecular flexibility index (Phi) is 5.72. The Labute approximate surface area is 215 Å². The Hall–Kier alpha value is -4.85. The lowest BCUT2D eigenvalue weighted by molar-refractivity contribution is 0.0976. The van der Waals surface area contributed by atoms with E-state index in [2.05, 4.69) is 22.4 Å². The number of rotatable bonds is 6. The average molecular weight is 510 g/mol. The monoisotopic (exact) mass is 509 g/mol. The van der Waals surface area contributed by atoms with Crippen molar-refractivity contribution < 1.29 is 18.8 Å². The Morgan fingerprint density at radius 3 is 2.63 bits per heavy atom. The van der Waals surface area contributed by atoms with Crippen LogP contribution >= 0.6 is 0 Å². The van der Waals surface area contributed by atoms with Crippen LogP contribution in [0, 0.1) is 11.6 Å². The summed E-state index contributed by atoms with van der Waals surface area (Å²) < 4.78 is 27.8. The van der Waals surface area contributed by atoms with E-state index in [-0.39, 0.29) is 35.3 Å². The standard InChI is InChI=1S/C30H21F2N3O3/c31-20-9-7-17(25(32)16-20)8-12-26(36)27-28(24-6-3-13-33-29(24)35(38)30(27)37)34-21-10-11-23-19(15-21)14-18-4-1-2-5-22(18)23/h1-7,9-11,13,15-16,34,38H,8,12,14H2. The van der Waals surface area contributed by atoms with E-state index in [4.69, 9.17) is 0 Å². The number of Topliss-reactive ketones (excluding diaryl/α,β-unsaturated/α-hetero) is 1. The second-order valence-corrected chi connectivity index (χ2v) is 9.23. The molecule has 0 atom stereocenters. The number of carbonyl (C=O) groups excluding carboxylic acids is 1. The minimum Gasteiger partial charge on any atom is -0.423 e. The number of carbonyl (C=O) groups is 1. The number of aryl methyl sites for hydroxylation is 1. The van der Waals surface area contributed by atoms with Crippen LogP contribution in [0.25, 0.3) is 22.2 Å². The van der Waals surface area contributed by atoms with Gasteiger partial charge in [-0.3, -0.25) is 9.59 Å². The van der Waals surface area contributed by atoms with Crippen LogP contribution in [0.15, 0.2) is 83.8 Å².